The zero-order valence-corrected chi connectivity index (χ0v) is 12.1. The summed E-state index contributed by atoms with van der Waals surface area (Å²) in [6.07, 6.45) is 3.41. The highest BCUT2D eigenvalue weighted by Crippen LogP contribution is 2.29. The normalized spacial score (nSPS) is 29.1. The maximum atomic E-state index is 13.0. The number of hydrogen-bond donors (Lipinski definition) is 3. The van der Waals surface area contributed by atoms with Crippen LogP contribution in [0.25, 0.3) is 0 Å². The number of nitrogens with one attached hydrogen (secondary N) is 2. The third kappa shape index (κ3) is 3.60. The number of quaternary nitrogens is 1. The first-order valence-electron chi connectivity index (χ1n) is 7.66. The minimum Gasteiger partial charge on any atom is -0.385 e. The van der Waals surface area contributed by atoms with Crippen molar-refractivity contribution < 1.29 is 19.2 Å². The number of carbonyl (C=O) groups excluding carboxylic acids is 1. The lowest BCUT2D eigenvalue weighted by atomic mass is 9.84. The molecule has 1 saturated heterocycles. The van der Waals surface area contributed by atoms with Crippen LogP contribution in [0, 0.1) is 5.82 Å². The number of amides is 1. The van der Waals surface area contributed by atoms with Crippen molar-refractivity contribution in [3.05, 3.63) is 35.6 Å². The molecular formula is C16H22FN2O2+. The summed E-state index contributed by atoms with van der Waals surface area (Å²) in [6.45, 7) is 1.99. The van der Waals surface area contributed by atoms with Gasteiger partial charge in [-0.2, -0.15) is 0 Å². The van der Waals surface area contributed by atoms with E-state index in [-0.39, 0.29) is 11.7 Å². The van der Waals surface area contributed by atoms with Gasteiger partial charge in [0, 0.05) is 18.9 Å². The van der Waals surface area contributed by atoms with Crippen molar-refractivity contribution in [3.8, 4) is 0 Å². The van der Waals surface area contributed by atoms with Crippen LogP contribution in [-0.4, -0.2) is 36.7 Å². The SMILES string of the molecule is O=C(C[NH+]1CCC(O)(c2ccc(F)cc2)CC1)NC1CC1. The molecule has 0 radical (unpaired) electrons. The van der Waals surface area contributed by atoms with E-state index in [1.54, 1.807) is 12.1 Å². The molecule has 0 unspecified atom stereocenters. The summed E-state index contributed by atoms with van der Waals surface area (Å²) in [4.78, 5) is 13.0. The van der Waals surface area contributed by atoms with Gasteiger partial charge in [-0.1, -0.05) is 12.1 Å². The lowest BCUT2D eigenvalue weighted by Crippen LogP contribution is -3.14. The van der Waals surface area contributed by atoms with Gasteiger partial charge in [0.1, 0.15) is 11.4 Å². The van der Waals surface area contributed by atoms with Gasteiger partial charge < -0.3 is 15.3 Å². The van der Waals surface area contributed by atoms with Gasteiger partial charge in [0.15, 0.2) is 6.54 Å². The number of hydrogen-bond acceptors (Lipinski definition) is 2. The number of benzene rings is 1. The van der Waals surface area contributed by atoms with Crippen LogP contribution in [0.4, 0.5) is 4.39 Å². The molecule has 1 saturated carbocycles. The summed E-state index contributed by atoms with van der Waals surface area (Å²) in [7, 11) is 0. The van der Waals surface area contributed by atoms with Crippen molar-refractivity contribution in [1.29, 1.82) is 0 Å². The van der Waals surface area contributed by atoms with E-state index < -0.39 is 5.60 Å². The van der Waals surface area contributed by atoms with Gasteiger partial charge in [0.05, 0.1) is 13.1 Å². The Kier molecular flexibility index (Phi) is 3.95. The second-order valence-corrected chi connectivity index (χ2v) is 6.31. The number of halogens is 1. The molecule has 1 aliphatic heterocycles. The van der Waals surface area contributed by atoms with Gasteiger partial charge in [-0.25, -0.2) is 4.39 Å². The van der Waals surface area contributed by atoms with Crippen LogP contribution in [0.3, 0.4) is 0 Å². The molecule has 1 aromatic rings. The van der Waals surface area contributed by atoms with Crippen LogP contribution in [-0.2, 0) is 10.4 Å². The molecule has 2 fully saturated rings. The largest absolute Gasteiger partial charge is 0.385 e. The van der Waals surface area contributed by atoms with Crippen LogP contribution >= 0.6 is 0 Å². The summed E-state index contributed by atoms with van der Waals surface area (Å²) < 4.78 is 13.0. The van der Waals surface area contributed by atoms with E-state index in [9.17, 15) is 14.3 Å². The molecule has 4 nitrogen and oxygen atoms in total. The van der Waals surface area contributed by atoms with E-state index in [0.717, 1.165) is 31.5 Å². The Balaban J connectivity index is 1.53. The van der Waals surface area contributed by atoms with Crippen molar-refractivity contribution in [1.82, 2.24) is 5.32 Å². The Morgan fingerprint density at radius 3 is 2.48 bits per heavy atom. The molecule has 1 heterocycles. The highest BCUT2D eigenvalue weighted by Gasteiger charge is 2.37. The van der Waals surface area contributed by atoms with Gasteiger partial charge in [0.2, 0.25) is 0 Å². The number of piperidine rings is 1. The quantitative estimate of drug-likeness (QED) is 0.730. The molecule has 5 heteroatoms. The van der Waals surface area contributed by atoms with Gasteiger partial charge in [-0.15, -0.1) is 0 Å². The van der Waals surface area contributed by atoms with E-state index in [1.807, 2.05) is 0 Å². The Hall–Kier alpha value is -1.46. The smallest absolute Gasteiger partial charge is 0.275 e. The lowest BCUT2D eigenvalue weighted by Gasteiger charge is -2.36. The van der Waals surface area contributed by atoms with E-state index in [4.69, 9.17) is 0 Å². The molecule has 0 spiro atoms. The van der Waals surface area contributed by atoms with Crippen molar-refractivity contribution in [2.24, 2.45) is 0 Å². The standard InChI is InChI=1S/C16H21FN2O2/c17-13-3-1-12(2-4-13)16(21)7-9-19(10-8-16)11-15(20)18-14-5-6-14/h1-4,14,21H,5-11H2,(H,18,20)/p+1. The highest BCUT2D eigenvalue weighted by atomic mass is 19.1. The molecular weight excluding hydrogens is 271 g/mol. The average molecular weight is 293 g/mol. The molecule has 1 aliphatic carbocycles. The Bertz CT molecular complexity index is 506. The maximum Gasteiger partial charge on any atom is 0.275 e. The molecule has 0 atom stereocenters. The number of carbonyl (C=O) groups is 1. The molecule has 0 bridgehead atoms. The van der Waals surface area contributed by atoms with Crippen LogP contribution < -0.4 is 10.2 Å². The predicted molar refractivity (Wildman–Crippen MR) is 76.3 cm³/mol. The fourth-order valence-electron chi connectivity index (χ4n) is 2.98. The predicted octanol–water partition coefficient (Wildman–Crippen LogP) is -0.0294. The topological polar surface area (TPSA) is 53.8 Å². The molecule has 21 heavy (non-hydrogen) atoms. The maximum absolute atomic E-state index is 13.0. The molecule has 3 rings (SSSR count). The van der Waals surface area contributed by atoms with E-state index in [1.165, 1.54) is 17.0 Å². The first-order valence-corrected chi connectivity index (χ1v) is 7.66. The van der Waals surface area contributed by atoms with Crippen LogP contribution in [0.15, 0.2) is 24.3 Å². The van der Waals surface area contributed by atoms with E-state index >= 15 is 0 Å². The summed E-state index contributed by atoms with van der Waals surface area (Å²) >= 11 is 0. The number of aliphatic hydroxyl groups is 1. The van der Waals surface area contributed by atoms with E-state index in [2.05, 4.69) is 5.32 Å². The summed E-state index contributed by atoms with van der Waals surface area (Å²) in [6, 6.07) is 6.48. The van der Waals surface area contributed by atoms with Crippen LogP contribution in [0.2, 0.25) is 0 Å². The second-order valence-electron chi connectivity index (χ2n) is 6.31. The lowest BCUT2D eigenvalue weighted by molar-refractivity contribution is -0.900. The zero-order chi connectivity index (χ0) is 14.9. The van der Waals surface area contributed by atoms with Crippen molar-refractivity contribution in [2.45, 2.75) is 37.3 Å². The molecule has 1 amide bonds. The minimum atomic E-state index is -0.885. The fourth-order valence-corrected chi connectivity index (χ4v) is 2.98. The first kappa shape index (κ1) is 14.5. The fraction of sp³-hybridized carbons (Fsp3) is 0.562. The summed E-state index contributed by atoms with van der Waals surface area (Å²) in [5.41, 5.74) is -0.116. The average Bonchev–Trinajstić information content (AvgIpc) is 3.26. The highest BCUT2D eigenvalue weighted by molar-refractivity contribution is 5.77. The molecule has 0 aromatic heterocycles. The number of likely N-dealkylation sites (tertiary alicyclic amines) is 1. The van der Waals surface area contributed by atoms with Gasteiger partial charge >= 0.3 is 0 Å². The van der Waals surface area contributed by atoms with E-state index in [0.29, 0.717) is 25.4 Å². The third-order valence-corrected chi connectivity index (χ3v) is 4.52. The van der Waals surface area contributed by atoms with Gasteiger partial charge in [0.25, 0.3) is 5.91 Å². The third-order valence-electron chi connectivity index (χ3n) is 4.52. The van der Waals surface area contributed by atoms with Crippen molar-refractivity contribution in [2.75, 3.05) is 19.6 Å². The van der Waals surface area contributed by atoms with Gasteiger partial charge in [-0.05, 0) is 30.5 Å². The Morgan fingerprint density at radius 1 is 1.29 bits per heavy atom. The van der Waals surface area contributed by atoms with Crippen molar-refractivity contribution >= 4 is 5.91 Å². The molecule has 1 aromatic carbocycles. The monoisotopic (exact) mass is 293 g/mol. The molecule has 2 aliphatic rings. The zero-order valence-electron chi connectivity index (χ0n) is 12.1. The van der Waals surface area contributed by atoms with Crippen LogP contribution in [0.5, 0.6) is 0 Å². The van der Waals surface area contributed by atoms with Gasteiger partial charge in [-0.3, -0.25) is 4.79 Å². The summed E-state index contributed by atoms with van der Waals surface area (Å²) in [5, 5.41) is 13.7. The number of rotatable bonds is 4. The van der Waals surface area contributed by atoms with Crippen molar-refractivity contribution in [3.63, 3.8) is 0 Å². The molecule has 3 N–H and O–H groups in total. The Morgan fingerprint density at radius 2 is 1.90 bits per heavy atom. The Labute approximate surface area is 124 Å². The van der Waals surface area contributed by atoms with Crippen LogP contribution in [0.1, 0.15) is 31.2 Å². The molecule has 114 valence electrons. The second kappa shape index (κ2) is 5.73. The minimum absolute atomic E-state index is 0.111. The summed E-state index contributed by atoms with van der Waals surface area (Å²) in [5.74, 6) is -0.179. The first-order chi connectivity index (χ1) is 10.0.